The molecule has 0 heterocycles. The zero-order chi connectivity index (χ0) is 15.0. The van der Waals surface area contributed by atoms with Crippen LogP contribution in [0.25, 0.3) is 0 Å². The van der Waals surface area contributed by atoms with Crippen LogP contribution in [0.4, 0.5) is 0 Å². The maximum absolute atomic E-state index is 11.7. The first-order chi connectivity index (χ1) is 9.55. The molecule has 0 N–H and O–H groups in total. The summed E-state index contributed by atoms with van der Waals surface area (Å²) in [5, 5.41) is 0. The second-order valence-corrected chi connectivity index (χ2v) is 4.13. The summed E-state index contributed by atoms with van der Waals surface area (Å²) >= 11 is 0. The van der Waals surface area contributed by atoms with E-state index in [1.165, 1.54) is 12.0 Å². The molecule has 0 amide bonds. The first-order valence-corrected chi connectivity index (χ1v) is 6.24. The minimum Gasteiger partial charge on any atom is -0.494 e. The lowest BCUT2D eigenvalue weighted by atomic mass is 10.3. The molecule has 0 spiro atoms. The van der Waals surface area contributed by atoms with Gasteiger partial charge in [0.1, 0.15) is 11.5 Å². The van der Waals surface area contributed by atoms with E-state index >= 15 is 0 Å². The number of ether oxygens (including phenoxy) is 3. The van der Waals surface area contributed by atoms with Crippen LogP contribution in [-0.4, -0.2) is 50.7 Å². The number of esters is 2. The number of benzene rings is 1. The number of rotatable bonds is 7. The number of likely N-dealkylation sites (N-methyl/N-ethyl adjacent to an activating group) is 1. The molecule has 0 bridgehead atoms. The molecule has 6 nitrogen and oxygen atoms in total. The van der Waals surface area contributed by atoms with E-state index < -0.39 is 11.9 Å². The second-order valence-electron chi connectivity index (χ2n) is 4.13. The third-order valence-corrected chi connectivity index (χ3v) is 2.39. The molecule has 0 aliphatic carbocycles. The molecule has 0 aliphatic rings. The third-order valence-electron chi connectivity index (χ3n) is 2.39. The SMILES string of the molecule is CCOc1ccc(OC(=O)CN(C)CC(=O)OC)cc1. The smallest absolute Gasteiger partial charge is 0.325 e. The topological polar surface area (TPSA) is 65.1 Å². The van der Waals surface area contributed by atoms with Crippen LogP contribution in [0, 0.1) is 0 Å². The largest absolute Gasteiger partial charge is 0.494 e. The highest BCUT2D eigenvalue weighted by Crippen LogP contribution is 2.17. The van der Waals surface area contributed by atoms with Gasteiger partial charge in [-0.3, -0.25) is 14.5 Å². The van der Waals surface area contributed by atoms with E-state index in [4.69, 9.17) is 9.47 Å². The van der Waals surface area contributed by atoms with Gasteiger partial charge in [-0.15, -0.1) is 0 Å². The number of nitrogens with zero attached hydrogens (tertiary/aromatic N) is 1. The van der Waals surface area contributed by atoms with Gasteiger partial charge in [-0.05, 0) is 38.2 Å². The summed E-state index contributed by atoms with van der Waals surface area (Å²) in [6.45, 7) is 2.51. The average molecular weight is 281 g/mol. The normalized spacial score (nSPS) is 10.2. The molecule has 20 heavy (non-hydrogen) atoms. The van der Waals surface area contributed by atoms with Gasteiger partial charge in [0.15, 0.2) is 0 Å². The Bertz CT molecular complexity index is 443. The van der Waals surface area contributed by atoms with Crippen molar-refractivity contribution in [2.45, 2.75) is 6.92 Å². The first kappa shape index (κ1) is 16.0. The Labute approximate surface area is 118 Å². The van der Waals surface area contributed by atoms with Crippen molar-refractivity contribution in [3.8, 4) is 11.5 Å². The molecule has 0 aromatic heterocycles. The Morgan fingerprint density at radius 3 is 2.15 bits per heavy atom. The van der Waals surface area contributed by atoms with Gasteiger partial charge in [-0.1, -0.05) is 0 Å². The average Bonchev–Trinajstić information content (AvgIpc) is 2.40. The van der Waals surface area contributed by atoms with Crippen LogP contribution in [0.5, 0.6) is 11.5 Å². The summed E-state index contributed by atoms with van der Waals surface area (Å²) in [6.07, 6.45) is 0. The third kappa shape index (κ3) is 5.71. The van der Waals surface area contributed by atoms with E-state index in [0.29, 0.717) is 12.4 Å². The minimum absolute atomic E-state index is 0.00229. The van der Waals surface area contributed by atoms with E-state index in [9.17, 15) is 9.59 Å². The van der Waals surface area contributed by atoms with Crippen LogP contribution in [0.2, 0.25) is 0 Å². The second kappa shape index (κ2) is 8.16. The van der Waals surface area contributed by atoms with Gasteiger partial charge in [0.2, 0.25) is 0 Å². The quantitative estimate of drug-likeness (QED) is 0.551. The highest BCUT2D eigenvalue weighted by molar-refractivity contribution is 5.76. The van der Waals surface area contributed by atoms with E-state index in [2.05, 4.69) is 4.74 Å². The van der Waals surface area contributed by atoms with Gasteiger partial charge in [0.25, 0.3) is 0 Å². The van der Waals surface area contributed by atoms with Gasteiger partial charge < -0.3 is 14.2 Å². The summed E-state index contributed by atoms with van der Waals surface area (Å²) in [4.78, 5) is 24.2. The van der Waals surface area contributed by atoms with Crippen molar-refractivity contribution >= 4 is 11.9 Å². The van der Waals surface area contributed by atoms with E-state index in [-0.39, 0.29) is 13.1 Å². The molecule has 0 saturated heterocycles. The number of hydrogen-bond donors (Lipinski definition) is 0. The van der Waals surface area contributed by atoms with E-state index in [1.807, 2.05) is 6.92 Å². The molecule has 0 aliphatic heterocycles. The number of carbonyl (C=O) groups is 2. The van der Waals surface area contributed by atoms with Gasteiger partial charge in [0.05, 0.1) is 26.8 Å². The fraction of sp³-hybridized carbons (Fsp3) is 0.429. The molecule has 6 heteroatoms. The monoisotopic (exact) mass is 281 g/mol. The number of carbonyl (C=O) groups excluding carboxylic acids is 2. The van der Waals surface area contributed by atoms with Crippen LogP contribution in [-0.2, 0) is 14.3 Å². The van der Waals surface area contributed by atoms with Crippen LogP contribution < -0.4 is 9.47 Å². The van der Waals surface area contributed by atoms with Crippen molar-refractivity contribution in [2.24, 2.45) is 0 Å². The maximum atomic E-state index is 11.7. The molecule has 0 atom stereocenters. The summed E-state index contributed by atoms with van der Waals surface area (Å²) in [5.74, 6) is 0.307. The van der Waals surface area contributed by atoms with Crippen LogP contribution in [0.3, 0.4) is 0 Å². The van der Waals surface area contributed by atoms with Crippen molar-refractivity contribution in [1.29, 1.82) is 0 Å². The standard InChI is InChI=1S/C14H19NO5/c1-4-19-11-5-7-12(8-6-11)20-14(17)10-15(2)9-13(16)18-3/h5-8H,4,9-10H2,1-3H3. The Hall–Kier alpha value is -2.08. The summed E-state index contributed by atoms with van der Waals surface area (Å²) in [6, 6.07) is 6.76. The molecular formula is C14H19NO5. The van der Waals surface area contributed by atoms with Gasteiger partial charge in [-0.25, -0.2) is 0 Å². The Kier molecular flexibility index (Phi) is 6.52. The van der Waals surface area contributed by atoms with Crippen LogP contribution in [0.1, 0.15) is 6.92 Å². The Morgan fingerprint density at radius 2 is 1.60 bits per heavy atom. The van der Waals surface area contributed by atoms with Crippen LogP contribution in [0.15, 0.2) is 24.3 Å². The number of hydrogen-bond acceptors (Lipinski definition) is 6. The predicted octanol–water partition coefficient (Wildman–Crippen LogP) is 1.10. The fourth-order valence-corrected chi connectivity index (χ4v) is 1.50. The first-order valence-electron chi connectivity index (χ1n) is 6.24. The van der Waals surface area contributed by atoms with Gasteiger partial charge >= 0.3 is 11.9 Å². The summed E-state index contributed by atoms with van der Waals surface area (Å²) < 4.78 is 14.9. The molecule has 1 aromatic carbocycles. The Balaban J connectivity index is 2.43. The van der Waals surface area contributed by atoms with E-state index in [1.54, 1.807) is 31.3 Å². The molecule has 110 valence electrons. The van der Waals surface area contributed by atoms with Crippen molar-refractivity contribution in [1.82, 2.24) is 4.90 Å². The molecular weight excluding hydrogens is 262 g/mol. The molecule has 0 unspecified atom stereocenters. The lowest BCUT2D eigenvalue weighted by molar-refractivity contribution is -0.142. The lowest BCUT2D eigenvalue weighted by Crippen LogP contribution is -2.33. The fourth-order valence-electron chi connectivity index (χ4n) is 1.50. The van der Waals surface area contributed by atoms with Crippen molar-refractivity contribution in [3.05, 3.63) is 24.3 Å². The molecule has 0 saturated carbocycles. The Morgan fingerprint density at radius 1 is 1.05 bits per heavy atom. The van der Waals surface area contributed by atoms with Gasteiger partial charge in [0, 0.05) is 0 Å². The number of methoxy groups -OCH3 is 1. The van der Waals surface area contributed by atoms with Gasteiger partial charge in [-0.2, -0.15) is 0 Å². The zero-order valence-corrected chi connectivity index (χ0v) is 11.9. The van der Waals surface area contributed by atoms with Crippen molar-refractivity contribution < 1.29 is 23.8 Å². The minimum atomic E-state index is -0.444. The zero-order valence-electron chi connectivity index (χ0n) is 11.9. The predicted molar refractivity (Wildman–Crippen MR) is 72.8 cm³/mol. The summed E-state index contributed by atoms with van der Waals surface area (Å²) in [7, 11) is 2.94. The van der Waals surface area contributed by atoms with E-state index in [0.717, 1.165) is 5.75 Å². The van der Waals surface area contributed by atoms with Crippen molar-refractivity contribution in [3.63, 3.8) is 0 Å². The molecule has 0 fully saturated rings. The highest BCUT2D eigenvalue weighted by Gasteiger charge is 2.12. The summed E-state index contributed by atoms with van der Waals surface area (Å²) in [5.41, 5.74) is 0. The maximum Gasteiger partial charge on any atom is 0.325 e. The van der Waals surface area contributed by atoms with Crippen molar-refractivity contribution in [2.75, 3.05) is 33.9 Å². The molecule has 1 aromatic rings. The molecule has 1 rings (SSSR count). The molecule has 0 radical (unpaired) electrons. The van der Waals surface area contributed by atoms with Crippen LogP contribution >= 0.6 is 0 Å². The highest BCUT2D eigenvalue weighted by atomic mass is 16.5. The lowest BCUT2D eigenvalue weighted by Gasteiger charge is -2.14.